The molecule has 2 aromatic rings. The maximum Gasteiger partial charge on any atom is 0.213 e. The van der Waals surface area contributed by atoms with Crippen LogP contribution in [0.25, 0.3) is 0 Å². The molecule has 1 aliphatic carbocycles. The largest absolute Gasteiger partial charge is 0.474 e. The van der Waals surface area contributed by atoms with Crippen molar-refractivity contribution in [1.82, 2.24) is 15.6 Å². The van der Waals surface area contributed by atoms with Crippen molar-refractivity contribution in [3.63, 3.8) is 0 Å². The molecule has 6 nitrogen and oxygen atoms in total. The number of ether oxygens (including phenoxy) is 1. The number of nitrogens with one attached hydrogen (secondary N) is 2. The van der Waals surface area contributed by atoms with Crippen molar-refractivity contribution < 1.29 is 9.84 Å². The molecule has 0 bridgehead atoms. The Morgan fingerprint density at radius 2 is 2.14 bits per heavy atom. The van der Waals surface area contributed by atoms with E-state index in [1.165, 1.54) is 12.8 Å². The summed E-state index contributed by atoms with van der Waals surface area (Å²) in [4.78, 5) is 9.90. The highest BCUT2D eigenvalue weighted by molar-refractivity contribution is 14.0. The normalized spacial score (nSPS) is 16.7. The van der Waals surface area contributed by atoms with Crippen LogP contribution >= 0.6 is 35.3 Å². The Bertz CT molecular complexity index is 762. The predicted molar refractivity (Wildman–Crippen MR) is 129 cm³/mol. The molecule has 1 aliphatic rings. The van der Waals surface area contributed by atoms with Crippen molar-refractivity contribution in [2.45, 2.75) is 57.8 Å². The predicted octanol–water partition coefficient (Wildman–Crippen LogP) is 4.05. The van der Waals surface area contributed by atoms with Crippen LogP contribution in [0.1, 0.15) is 50.0 Å². The van der Waals surface area contributed by atoms with Crippen molar-refractivity contribution in [1.29, 1.82) is 0 Å². The van der Waals surface area contributed by atoms with Crippen molar-refractivity contribution in [2.75, 3.05) is 13.1 Å². The SMILES string of the molecule is CCNC(=NCc1ccnc(OC2CCCC2)c1)NCC(C)(O)c1cccs1.I. The highest BCUT2D eigenvalue weighted by Gasteiger charge is 2.24. The van der Waals surface area contributed by atoms with Gasteiger partial charge >= 0.3 is 0 Å². The van der Waals surface area contributed by atoms with Crippen molar-refractivity contribution in [2.24, 2.45) is 4.99 Å². The van der Waals surface area contributed by atoms with Gasteiger partial charge in [-0.1, -0.05) is 6.07 Å². The summed E-state index contributed by atoms with van der Waals surface area (Å²) in [5.41, 5.74) is 0.105. The summed E-state index contributed by atoms with van der Waals surface area (Å²) in [5.74, 6) is 1.35. The van der Waals surface area contributed by atoms with Gasteiger partial charge < -0.3 is 20.5 Å². The van der Waals surface area contributed by atoms with E-state index in [0.717, 1.165) is 29.8 Å². The lowest BCUT2D eigenvalue weighted by Gasteiger charge is -2.23. The van der Waals surface area contributed by atoms with E-state index in [0.29, 0.717) is 31.0 Å². The number of pyridine rings is 1. The van der Waals surface area contributed by atoms with Crippen LogP contribution in [0.5, 0.6) is 5.88 Å². The molecule has 1 atom stereocenters. The fourth-order valence-corrected chi connectivity index (χ4v) is 4.02. The molecule has 1 fully saturated rings. The molecule has 2 aromatic heterocycles. The monoisotopic (exact) mass is 530 g/mol. The van der Waals surface area contributed by atoms with E-state index in [1.807, 2.05) is 43.5 Å². The molecular formula is C21H31IN4O2S. The first-order valence-corrected chi connectivity index (χ1v) is 10.8. The summed E-state index contributed by atoms with van der Waals surface area (Å²) in [7, 11) is 0. The van der Waals surface area contributed by atoms with Gasteiger partial charge in [-0.2, -0.15) is 0 Å². The Balaban J connectivity index is 0.00000300. The van der Waals surface area contributed by atoms with E-state index in [1.54, 1.807) is 17.5 Å². The number of guanidine groups is 1. The van der Waals surface area contributed by atoms with Gasteiger partial charge in [0.05, 0.1) is 13.1 Å². The molecule has 29 heavy (non-hydrogen) atoms. The number of aromatic nitrogens is 1. The van der Waals surface area contributed by atoms with E-state index < -0.39 is 5.60 Å². The molecule has 0 aromatic carbocycles. The third-order valence-electron chi connectivity index (χ3n) is 4.80. The van der Waals surface area contributed by atoms with E-state index >= 15 is 0 Å². The Morgan fingerprint density at radius 1 is 1.34 bits per heavy atom. The first-order chi connectivity index (χ1) is 13.6. The maximum absolute atomic E-state index is 10.7. The second-order valence-electron chi connectivity index (χ2n) is 7.33. The lowest BCUT2D eigenvalue weighted by Crippen LogP contribution is -2.44. The molecular weight excluding hydrogens is 499 g/mol. The molecule has 0 aliphatic heterocycles. The second-order valence-corrected chi connectivity index (χ2v) is 8.27. The van der Waals surface area contributed by atoms with Gasteiger partial charge in [-0.3, -0.25) is 0 Å². The van der Waals surface area contributed by atoms with Crippen LogP contribution in [-0.4, -0.2) is 35.2 Å². The molecule has 0 amide bonds. The Kier molecular flexibility index (Phi) is 9.64. The first-order valence-electron chi connectivity index (χ1n) is 9.97. The summed E-state index contributed by atoms with van der Waals surface area (Å²) in [6.45, 7) is 5.48. The summed E-state index contributed by atoms with van der Waals surface area (Å²) in [6, 6.07) is 7.81. The molecule has 3 rings (SSSR count). The van der Waals surface area contributed by atoms with Gasteiger partial charge in [-0.05, 0) is 62.6 Å². The van der Waals surface area contributed by atoms with Crippen molar-refractivity contribution in [3.05, 3.63) is 46.3 Å². The van der Waals surface area contributed by atoms with Crippen LogP contribution in [0, 0.1) is 0 Å². The molecule has 0 spiro atoms. The van der Waals surface area contributed by atoms with Crippen LogP contribution in [0.15, 0.2) is 40.8 Å². The molecule has 1 saturated carbocycles. The highest BCUT2D eigenvalue weighted by atomic mass is 127. The zero-order valence-electron chi connectivity index (χ0n) is 17.1. The lowest BCUT2D eigenvalue weighted by molar-refractivity contribution is 0.0655. The van der Waals surface area contributed by atoms with Gasteiger partial charge in [-0.15, -0.1) is 35.3 Å². The topological polar surface area (TPSA) is 78.8 Å². The quantitative estimate of drug-likeness (QED) is 0.273. The second kappa shape index (κ2) is 11.7. The Hall–Kier alpha value is -1.39. The zero-order chi connectivity index (χ0) is 19.8. The van der Waals surface area contributed by atoms with Crippen molar-refractivity contribution in [3.8, 4) is 5.88 Å². The third-order valence-corrected chi connectivity index (χ3v) is 5.93. The van der Waals surface area contributed by atoms with Crippen molar-refractivity contribution >= 4 is 41.3 Å². The summed E-state index contributed by atoms with van der Waals surface area (Å²) >= 11 is 1.55. The van der Waals surface area contributed by atoms with E-state index in [-0.39, 0.29) is 24.0 Å². The molecule has 0 saturated heterocycles. The van der Waals surface area contributed by atoms with Gasteiger partial charge in [0.25, 0.3) is 0 Å². The van der Waals surface area contributed by atoms with Gasteiger partial charge in [-0.25, -0.2) is 9.98 Å². The summed E-state index contributed by atoms with van der Waals surface area (Å²) < 4.78 is 5.98. The van der Waals surface area contributed by atoms with E-state index in [9.17, 15) is 5.11 Å². The minimum Gasteiger partial charge on any atom is -0.474 e. The van der Waals surface area contributed by atoms with E-state index in [4.69, 9.17) is 4.74 Å². The lowest BCUT2D eigenvalue weighted by atomic mass is 10.1. The highest BCUT2D eigenvalue weighted by Crippen LogP contribution is 2.25. The zero-order valence-corrected chi connectivity index (χ0v) is 20.2. The fourth-order valence-electron chi connectivity index (χ4n) is 3.23. The number of halogens is 1. The fraction of sp³-hybridized carbons (Fsp3) is 0.524. The molecule has 2 heterocycles. The number of hydrogen-bond acceptors (Lipinski definition) is 5. The standard InChI is InChI=1S/C21H30N4O2S.HI/c1-3-22-20(25-15-21(2,26)18-9-6-12-28-18)24-14-16-10-11-23-19(13-16)27-17-7-4-5-8-17;/h6,9-13,17,26H,3-5,7-8,14-15H2,1-2H3,(H2,22,24,25);1H. The average molecular weight is 530 g/mol. The Morgan fingerprint density at radius 3 is 2.83 bits per heavy atom. The minimum atomic E-state index is -0.941. The van der Waals surface area contributed by atoms with Gasteiger partial charge in [0.1, 0.15) is 11.7 Å². The van der Waals surface area contributed by atoms with Crippen LogP contribution in [0.2, 0.25) is 0 Å². The summed E-state index contributed by atoms with van der Waals surface area (Å²) in [6.07, 6.45) is 6.77. The molecule has 3 N–H and O–H groups in total. The van der Waals surface area contributed by atoms with Crippen LogP contribution < -0.4 is 15.4 Å². The van der Waals surface area contributed by atoms with Gasteiger partial charge in [0.2, 0.25) is 5.88 Å². The number of hydrogen-bond donors (Lipinski definition) is 3. The smallest absolute Gasteiger partial charge is 0.213 e. The average Bonchev–Trinajstić information content (AvgIpc) is 3.39. The maximum atomic E-state index is 10.7. The van der Waals surface area contributed by atoms with Gasteiger partial charge in [0.15, 0.2) is 5.96 Å². The molecule has 0 radical (unpaired) electrons. The first kappa shape index (κ1) is 23.9. The molecule has 160 valence electrons. The summed E-state index contributed by atoms with van der Waals surface area (Å²) in [5, 5.41) is 19.1. The van der Waals surface area contributed by atoms with Gasteiger partial charge in [0, 0.05) is 23.7 Å². The van der Waals surface area contributed by atoms with Crippen LogP contribution in [-0.2, 0) is 12.1 Å². The molecule has 8 heteroatoms. The minimum absolute atomic E-state index is 0. The Labute approximate surface area is 194 Å². The number of aliphatic imine (C=N–C) groups is 1. The third kappa shape index (κ3) is 7.42. The van der Waals surface area contributed by atoms with Crippen LogP contribution in [0.3, 0.4) is 0 Å². The number of thiophene rings is 1. The van der Waals surface area contributed by atoms with E-state index in [2.05, 4.69) is 20.6 Å². The molecule has 1 unspecified atom stereocenters. The number of nitrogens with zero attached hydrogens (tertiary/aromatic N) is 2. The van der Waals surface area contributed by atoms with Crippen LogP contribution in [0.4, 0.5) is 0 Å². The number of rotatable bonds is 8. The number of aliphatic hydroxyl groups is 1.